The van der Waals surface area contributed by atoms with Gasteiger partial charge in [-0.1, -0.05) is 46.0 Å². The fourth-order valence-electron chi connectivity index (χ4n) is 2.80. The minimum absolute atomic E-state index is 0.640. The minimum atomic E-state index is 0.640. The molecule has 0 saturated heterocycles. The maximum absolute atomic E-state index is 2.52. The number of rotatable bonds is 10. The zero-order valence-electron chi connectivity index (χ0n) is 12.7. The molecule has 1 rings (SSSR count). The van der Waals surface area contributed by atoms with Gasteiger partial charge >= 0.3 is 0 Å². The second-order valence-electron chi connectivity index (χ2n) is 5.40. The molecule has 0 aromatic rings. The maximum Gasteiger partial charge on any atom is 0.101 e. The lowest BCUT2D eigenvalue weighted by atomic mass is 10.1. The van der Waals surface area contributed by atoms with Gasteiger partial charge in [-0.05, 0) is 26.2 Å². The van der Waals surface area contributed by atoms with Crippen molar-refractivity contribution in [3.8, 4) is 0 Å². The predicted octanol–water partition coefficient (Wildman–Crippen LogP) is 4.58. The summed E-state index contributed by atoms with van der Waals surface area (Å²) in [6, 6.07) is 0. The quantitative estimate of drug-likeness (QED) is 0.525. The van der Waals surface area contributed by atoms with Crippen LogP contribution in [-0.2, 0) is 0 Å². The highest BCUT2D eigenvalue weighted by Crippen LogP contribution is 2.21. The highest BCUT2D eigenvalue weighted by molar-refractivity contribution is 4.96. The van der Waals surface area contributed by atoms with Crippen LogP contribution in [0.3, 0.4) is 0 Å². The monoisotopic (exact) mass is 252 g/mol. The van der Waals surface area contributed by atoms with Gasteiger partial charge in [0.1, 0.15) is 6.17 Å². The van der Waals surface area contributed by atoms with Crippen LogP contribution in [0.1, 0.15) is 72.1 Å². The number of unbranched alkanes of at least 4 members (excludes halogenated alkanes) is 5. The largest absolute Gasteiger partial charge is 0.356 e. The molecule has 18 heavy (non-hydrogen) atoms. The fourth-order valence-corrected chi connectivity index (χ4v) is 2.80. The summed E-state index contributed by atoms with van der Waals surface area (Å²) in [5.74, 6) is 0. The van der Waals surface area contributed by atoms with E-state index < -0.39 is 0 Å². The zero-order valence-corrected chi connectivity index (χ0v) is 12.7. The number of hydrogen-bond donors (Lipinski definition) is 0. The van der Waals surface area contributed by atoms with Crippen LogP contribution < -0.4 is 0 Å². The topological polar surface area (TPSA) is 6.48 Å². The fraction of sp³-hybridized carbons (Fsp3) is 0.875. The predicted molar refractivity (Wildman–Crippen MR) is 80.3 cm³/mol. The van der Waals surface area contributed by atoms with E-state index in [0.717, 1.165) is 6.54 Å². The van der Waals surface area contributed by atoms with Crippen molar-refractivity contribution in [1.82, 2.24) is 9.80 Å². The van der Waals surface area contributed by atoms with E-state index in [0.29, 0.717) is 6.17 Å². The molecular weight excluding hydrogens is 220 g/mol. The summed E-state index contributed by atoms with van der Waals surface area (Å²) >= 11 is 0. The number of nitrogens with zero attached hydrogens (tertiary/aromatic N) is 2. The van der Waals surface area contributed by atoms with Crippen molar-refractivity contribution in [3.63, 3.8) is 0 Å². The molecular formula is C16H32N2. The van der Waals surface area contributed by atoms with Crippen molar-refractivity contribution < 1.29 is 0 Å². The molecule has 0 saturated carbocycles. The Balaban J connectivity index is 2.20. The van der Waals surface area contributed by atoms with E-state index in [9.17, 15) is 0 Å². The Morgan fingerprint density at radius 2 is 1.44 bits per heavy atom. The molecule has 0 aromatic heterocycles. The molecule has 1 heterocycles. The van der Waals surface area contributed by atoms with Crippen LogP contribution in [0.15, 0.2) is 12.4 Å². The van der Waals surface area contributed by atoms with E-state index in [-0.39, 0.29) is 0 Å². The molecule has 0 amide bonds. The van der Waals surface area contributed by atoms with Gasteiger partial charge in [-0.25, -0.2) is 0 Å². The van der Waals surface area contributed by atoms with E-state index in [1.165, 1.54) is 57.9 Å². The van der Waals surface area contributed by atoms with Gasteiger partial charge in [-0.2, -0.15) is 0 Å². The molecule has 1 aliphatic rings. The lowest BCUT2D eigenvalue weighted by Gasteiger charge is -2.32. The lowest BCUT2D eigenvalue weighted by molar-refractivity contribution is 0.144. The van der Waals surface area contributed by atoms with Crippen LogP contribution in [0, 0.1) is 0 Å². The molecule has 1 aliphatic heterocycles. The Hall–Kier alpha value is -0.660. The van der Waals surface area contributed by atoms with E-state index in [1.807, 2.05) is 0 Å². The van der Waals surface area contributed by atoms with Crippen molar-refractivity contribution in [2.24, 2.45) is 0 Å². The first-order valence-corrected chi connectivity index (χ1v) is 8.03. The molecule has 0 bridgehead atoms. The summed E-state index contributed by atoms with van der Waals surface area (Å²) < 4.78 is 0. The molecule has 0 aromatic carbocycles. The normalized spacial score (nSPS) is 18.9. The van der Waals surface area contributed by atoms with E-state index in [4.69, 9.17) is 0 Å². The van der Waals surface area contributed by atoms with Crippen LogP contribution >= 0.6 is 0 Å². The van der Waals surface area contributed by atoms with Crippen molar-refractivity contribution in [2.45, 2.75) is 78.3 Å². The molecule has 2 heteroatoms. The third-order valence-corrected chi connectivity index (χ3v) is 3.88. The van der Waals surface area contributed by atoms with Crippen molar-refractivity contribution in [1.29, 1.82) is 0 Å². The van der Waals surface area contributed by atoms with Crippen LogP contribution in [0.5, 0.6) is 0 Å². The lowest BCUT2D eigenvalue weighted by Crippen LogP contribution is -2.38. The van der Waals surface area contributed by atoms with Gasteiger partial charge in [-0.15, -0.1) is 0 Å². The van der Waals surface area contributed by atoms with E-state index in [2.05, 4.69) is 43.0 Å². The van der Waals surface area contributed by atoms with Gasteiger partial charge < -0.3 is 9.80 Å². The van der Waals surface area contributed by atoms with E-state index >= 15 is 0 Å². The van der Waals surface area contributed by atoms with Gasteiger partial charge in [-0.3, -0.25) is 0 Å². The first kappa shape index (κ1) is 15.4. The van der Waals surface area contributed by atoms with Crippen LogP contribution in [0.2, 0.25) is 0 Å². The molecule has 0 aliphatic carbocycles. The summed E-state index contributed by atoms with van der Waals surface area (Å²) in [6.45, 7) is 9.15. The van der Waals surface area contributed by atoms with Crippen molar-refractivity contribution in [3.05, 3.63) is 12.4 Å². The first-order valence-electron chi connectivity index (χ1n) is 8.03. The summed E-state index contributed by atoms with van der Waals surface area (Å²) in [6.07, 6.45) is 16.2. The zero-order chi connectivity index (χ0) is 13.2. The molecule has 1 unspecified atom stereocenters. The molecule has 106 valence electrons. The third-order valence-electron chi connectivity index (χ3n) is 3.88. The summed E-state index contributed by atoms with van der Waals surface area (Å²) in [5.41, 5.74) is 0. The second kappa shape index (κ2) is 9.29. The Morgan fingerprint density at radius 3 is 2.11 bits per heavy atom. The molecule has 0 fully saturated rings. The average molecular weight is 252 g/mol. The average Bonchev–Trinajstić information content (AvgIpc) is 2.76. The molecule has 0 spiro atoms. The smallest absolute Gasteiger partial charge is 0.101 e. The van der Waals surface area contributed by atoms with Crippen molar-refractivity contribution in [2.75, 3.05) is 13.1 Å². The Labute approximate surface area is 114 Å². The van der Waals surface area contributed by atoms with Crippen molar-refractivity contribution >= 4 is 0 Å². The van der Waals surface area contributed by atoms with Gasteiger partial charge in [0.25, 0.3) is 0 Å². The highest BCUT2D eigenvalue weighted by Gasteiger charge is 2.23. The molecule has 0 radical (unpaired) electrons. The van der Waals surface area contributed by atoms with Gasteiger partial charge in [0.05, 0.1) is 0 Å². The highest BCUT2D eigenvalue weighted by atomic mass is 15.4. The molecule has 0 N–H and O–H groups in total. The van der Waals surface area contributed by atoms with Gasteiger partial charge in [0, 0.05) is 25.5 Å². The van der Waals surface area contributed by atoms with Gasteiger partial charge in [0.2, 0.25) is 0 Å². The third kappa shape index (κ3) is 4.91. The van der Waals surface area contributed by atoms with Crippen LogP contribution in [0.25, 0.3) is 0 Å². The SMILES string of the molecule is CCCCCCCCC1N(CC)C=CN1CCC. The summed E-state index contributed by atoms with van der Waals surface area (Å²) in [5, 5.41) is 0. The molecule has 1 atom stereocenters. The summed E-state index contributed by atoms with van der Waals surface area (Å²) in [4.78, 5) is 5.01. The maximum atomic E-state index is 2.52. The van der Waals surface area contributed by atoms with Crippen LogP contribution in [-0.4, -0.2) is 29.1 Å². The molecule has 2 nitrogen and oxygen atoms in total. The Kier molecular flexibility index (Phi) is 7.95. The van der Waals surface area contributed by atoms with Crippen LogP contribution in [0.4, 0.5) is 0 Å². The first-order chi connectivity index (χ1) is 8.83. The van der Waals surface area contributed by atoms with E-state index in [1.54, 1.807) is 0 Å². The summed E-state index contributed by atoms with van der Waals surface area (Å²) in [7, 11) is 0. The minimum Gasteiger partial charge on any atom is -0.356 e. The van der Waals surface area contributed by atoms with Gasteiger partial charge in [0.15, 0.2) is 0 Å². The standard InChI is InChI=1S/C16H32N2/c1-4-7-8-9-10-11-12-16-17(6-3)14-15-18(16)13-5-2/h14-16H,4-13H2,1-3H3. The number of hydrogen-bond acceptors (Lipinski definition) is 2. The Bertz CT molecular complexity index is 225. The Morgan fingerprint density at radius 1 is 0.778 bits per heavy atom. The second-order valence-corrected chi connectivity index (χ2v) is 5.40.